The summed E-state index contributed by atoms with van der Waals surface area (Å²) in [7, 11) is 1.31. The first-order chi connectivity index (χ1) is 14.5. The van der Waals surface area contributed by atoms with E-state index in [2.05, 4.69) is 20.4 Å². The molecule has 1 saturated heterocycles. The number of nitrogens with zero attached hydrogens (tertiary/aromatic N) is 5. The molecule has 4 rings (SSSR count). The molecule has 1 aliphatic rings. The lowest BCUT2D eigenvalue weighted by Gasteiger charge is -2.39. The van der Waals surface area contributed by atoms with Crippen LogP contribution in [-0.4, -0.2) is 51.8 Å². The molecule has 3 heterocycles. The van der Waals surface area contributed by atoms with E-state index in [0.29, 0.717) is 30.2 Å². The summed E-state index contributed by atoms with van der Waals surface area (Å²) in [6, 6.07) is 10.6. The van der Waals surface area contributed by atoms with Crippen LogP contribution >= 0.6 is 0 Å². The van der Waals surface area contributed by atoms with Gasteiger partial charge in [-0.1, -0.05) is 12.1 Å². The van der Waals surface area contributed by atoms with E-state index >= 15 is 0 Å². The summed E-state index contributed by atoms with van der Waals surface area (Å²) >= 11 is 0. The van der Waals surface area contributed by atoms with Crippen LogP contribution < -0.4 is 10.2 Å². The number of rotatable bonds is 5. The third kappa shape index (κ3) is 3.73. The molecule has 154 valence electrons. The van der Waals surface area contributed by atoms with E-state index in [4.69, 9.17) is 4.74 Å². The van der Waals surface area contributed by atoms with Crippen molar-refractivity contribution in [1.82, 2.24) is 19.7 Å². The molecule has 1 fully saturated rings. The number of benzene rings is 1. The van der Waals surface area contributed by atoms with Crippen LogP contribution in [0.2, 0.25) is 0 Å². The molecular formula is C21H22N6O3. The number of aryl methyl sites for hydroxylation is 2. The zero-order chi connectivity index (χ0) is 21.3. The highest BCUT2D eigenvalue weighted by Gasteiger charge is 2.34. The van der Waals surface area contributed by atoms with Crippen LogP contribution in [0, 0.1) is 19.8 Å². The van der Waals surface area contributed by atoms with Gasteiger partial charge in [-0.15, -0.1) is 0 Å². The quantitative estimate of drug-likeness (QED) is 0.648. The number of methoxy groups -OCH3 is 1. The van der Waals surface area contributed by atoms with Crippen molar-refractivity contribution in [1.29, 1.82) is 0 Å². The number of carbonyl (C=O) groups is 2. The number of ether oxygens (including phenoxy) is 1. The van der Waals surface area contributed by atoms with Gasteiger partial charge in [0.25, 0.3) is 0 Å². The highest BCUT2D eigenvalue weighted by Crippen LogP contribution is 2.26. The Morgan fingerprint density at radius 2 is 1.83 bits per heavy atom. The summed E-state index contributed by atoms with van der Waals surface area (Å²) in [5.74, 6) is 0.592. The molecular weight excluding hydrogens is 384 g/mol. The number of aromatic nitrogens is 4. The van der Waals surface area contributed by atoms with Crippen molar-refractivity contribution in [3.63, 3.8) is 0 Å². The fourth-order valence-corrected chi connectivity index (χ4v) is 3.43. The Hall–Kier alpha value is -3.75. The SMILES string of the molecule is COC(=O)c1ccccc1NC(=O)C1CN(c2cc(-n3nc(C)cc3C)ncn2)C1. The van der Waals surface area contributed by atoms with Crippen LogP contribution in [0.4, 0.5) is 11.5 Å². The molecule has 1 aromatic carbocycles. The topological polar surface area (TPSA) is 102 Å². The first-order valence-corrected chi connectivity index (χ1v) is 9.55. The van der Waals surface area contributed by atoms with Gasteiger partial charge in [-0.05, 0) is 32.0 Å². The fraction of sp³-hybridized carbons (Fsp3) is 0.286. The van der Waals surface area contributed by atoms with Gasteiger partial charge in [0, 0.05) is 24.8 Å². The Labute approximate surface area is 173 Å². The molecule has 2 aromatic heterocycles. The van der Waals surface area contributed by atoms with Gasteiger partial charge in [0.2, 0.25) is 5.91 Å². The maximum Gasteiger partial charge on any atom is 0.339 e. The standard InChI is InChI=1S/C21H22N6O3/c1-13-8-14(2)27(25-13)19-9-18(22-12-23-19)26-10-15(11-26)20(28)24-17-7-5-4-6-16(17)21(29)30-3/h4-9,12,15H,10-11H2,1-3H3,(H,24,28). The molecule has 0 aliphatic carbocycles. The minimum Gasteiger partial charge on any atom is -0.465 e. The zero-order valence-corrected chi connectivity index (χ0v) is 17.0. The Morgan fingerprint density at radius 1 is 1.10 bits per heavy atom. The second-order valence-corrected chi connectivity index (χ2v) is 7.20. The Kier molecular flexibility index (Phi) is 5.18. The average Bonchev–Trinajstić information content (AvgIpc) is 3.05. The summed E-state index contributed by atoms with van der Waals surface area (Å²) in [6.45, 7) is 4.96. The van der Waals surface area contributed by atoms with Crippen molar-refractivity contribution in [2.45, 2.75) is 13.8 Å². The third-order valence-electron chi connectivity index (χ3n) is 5.03. The molecule has 9 nitrogen and oxygen atoms in total. The van der Waals surface area contributed by atoms with Crippen molar-refractivity contribution in [3.8, 4) is 5.82 Å². The second kappa shape index (κ2) is 7.94. The third-order valence-corrected chi connectivity index (χ3v) is 5.03. The van der Waals surface area contributed by atoms with Crippen LogP contribution in [0.1, 0.15) is 21.7 Å². The lowest BCUT2D eigenvalue weighted by Crippen LogP contribution is -2.52. The van der Waals surface area contributed by atoms with Crippen molar-refractivity contribution in [2.24, 2.45) is 5.92 Å². The number of hydrogen-bond acceptors (Lipinski definition) is 7. The number of para-hydroxylation sites is 1. The largest absolute Gasteiger partial charge is 0.465 e. The van der Waals surface area contributed by atoms with Crippen LogP contribution in [0.3, 0.4) is 0 Å². The van der Waals surface area contributed by atoms with Crippen LogP contribution in [-0.2, 0) is 9.53 Å². The van der Waals surface area contributed by atoms with E-state index in [1.165, 1.54) is 13.4 Å². The van der Waals surface area contributed by atoms with Crippen molar-refractivity contribution in [2.75, 3.05) is 30.4 Å². The van der Waals surface area contributed by atoms with Gasteiger partial charge in [0.05, 0.1) is 30.0 Å². The molecule has 1 amide bonds. The summed E-state index contributed by atoms with van der Waals surface area (Å²) in [5.41, 5.74) is 2.68. The van der Waals surface area contributed by atoms with E-state index < -0.39 is 5.97 Å². The molecule has 0 atom stereocenters. The molecule has 0 spiro atoms. The lowest BCUT2D eigenvalue weighted by atomic mass is 9.98. The van der Waals surface area contributed by atoms with Gasteiger partial charge in [-0.25, -0.2) is 19.4 Å². The van der Waals surface area contributed by atoms with Crippen molar-refractivity contribution >= 4 is 23.4 Å². The van der Waals surface area contributed by atoms with Gasteiger partial charge in [-0.2, -0.15) is 5.10 Å². The maximum absolute atomic E-state index is 12.6. The minimum atomic E-state index is -0.487. The molecule has 1 aliphatic heterocycles. The lowest BCUT2D eigenvalue weighted by molar-refractivity contribution is -0.120. The number of hydrogen-bond donors (Lipinski definition) is 1. The molecule has 0 radical (unpaired) electrons. The van der Waals surface area contributed by atoms with E-state index in [9.17, 15) is 9.59 Å². The molecule has 0 unspecified atom stereocenters. The van der Waals surface area contributed by atoms with E-state index in [1.54, 1.807) is 28.9 Å². The average molecular weight is 406 g/mol. The minimum absolute atomic E-state index is 0.143. The summed E-state index contributed by atoms with van der Waals surface area (Å²) < 4.78 is 6.54. The predicted octanol–water partition coefficient (Wildman–Crippen LogP) is 2.14. The molecule has 0 bridgehead atoms. The Balaban J connectivity index is 1.42. The van der Waals surface area contributed by atoms with E-state index in [-0.39, 0.29) is 11.8 Å². The van der Waals surface area contributed by atoms with Crippen LogP contribution in [0.5, 0.6) is 0 Å². The number of amides is 1. The van der Waals surface area contributed by atoms with Gasteiger partial charge in [-0.3, -0.25) is 4.79 Å². The highest BCUT2D eigenvalue weighted by atomic mass is 16.5. The maximum atomic E-state index is 12.6. The van der Waals surface area contributed by atoms with E-state index in [0.717, 1.165) is 17.2 Å². The number of esters is 1. The number of carbonyl (C=O) groups excluding carboxylic acids is 2. The first-order valence-electron chi connectivity index (χ1n) is 9.55. The van der Waals surface area contributed by atoms with Gasteiger partial charge in [0.1, 0.15) is 12.1 Å². The number of anilines is 2. The first kappa shape index (κ1) is 19.6. The molecule has 30 heavy (non-hydrogen) atoms. The smallest absolute Gasteiger partial charge is 0.339 e. The van der Waals surface area contributed by atoms with Gasteiger partial charge >= 0.3 is 5.97 Å². The zero-order valence-electron chi connectivity index (χ0n) is 17.0. The molecule has 3 aromatic rings. The molecule has 1 N–H and O–H groups in total. The van der Waals surface area contributed by atoms with Gasteiger partial charge in [0.15, 0.2) is 5.82 Å². The van der Waals surface area contributed by atoms with Crippen LogP contribution in [0.15, 0.2) is 42.7 Å². The molecule has 9 heteroatoms. The highest BCUT2D eigenvalue weighted by molar-refractivity contribution is 6.02. The summed E-state index contributed by atoms with van der Waals surface area (Å²) in [5, 5.41) is 7.28. The predicted molar refractivity (Wildman–Crippen MR) is 111 cm³/mol. The normalized spacial score (nSPS) is 13.6. The molecule has 0 saturated carbocycles. The van der Waals surface area contributed by atoms with Crippen LogP contribution in [0.25, 0.3) is 5.82 Å². The summed E-state index contributed by atoms with van der Waals surface area (Å²) in [6.07, 6.45) is 1.50. The van der Waals surface area contributed by atoms with E-state index in [1.807, 2.05) is 30.9 Å². The Bertz CT molecular complexity index is 1100. The second-order valence-electron chi connectivity index (χ2n) is 7.20. The van der Waals surface area contributed by atoms with Crippen molar-refractivity contribution < 1.29 is 14.3 Å². The fourth-order valence-electron chi connectivity index (χ4n) is 3.43. The van der Waals surface area contributed by atoms with Gasteiger partial charge < -0.3 is 15.0 Å². The number of nitrogens with one attached hydrogen (secondary N) is 1. The van der Waals surface area contributed by atoms with Crippen molar-refractivity contribution in [3.05, 3.63) is 59.7 Å². The summed E-state index contributed by atoms with van der Waals surface area (Å²) in [4.78, 5) is 35.2. The Morgan fingerprint density at radius 3 is 2.53 bits per heavy atom. The monoisotopic (exact) mass is 406 g/mol.